The Hall–Kier alpha value is -1.10. The Morgan fingerprint density at radius 2 is 1.88 bits per heavy atom. The second kappa shape index (κ2) is 9.40. The first-order chi connectivity index (χ1) is 11.4. The van der Waals surface area contributed by atoms with Crippen molar-refractivity contribution in [3.8, 4) is 0 Å². The number of rotatable bonds is 9. The molecule has 4 heteroatoms. The van der Waals surface area contributed by atoms with Crippen molar-refractivity contribution in [2.75, 3.05) is 6.61 Å². The monoisotopic (exact) mass is 348 g/mol. The molecule has 134 valence electrons. The molecule has 0 amide bonds. The van der Waals surface area contributed by atoms with E-state index in [1.54, 1.807) is 0 Å². The highest BCUT2D eigenvalue weighted by Gasteiger charge is 2.25. The van der Waals surface area contributed by atoms with Gasteiger partial charge in [-0.1, -0.05) is 36.9 Å². The van der Waals surface area contributed by atoms with Gasteiger partial charge in [-0.2, -0.15) is 0 Å². The van der Waals surface area contributed by atoms with Crippen LogP contribution in [-0.4, -0.2) is 27.1 Å². The van der Waals surface area contributed by atoms with Gasteiger partial charge >= 0.3 is 0 Å². The van der Waals surface area contributed by atoms with Crippen molar-refractivity contribution in [3.63, 3.8) is 0 Å². The summed E-state index contributed by atoms with van der Waals surface area (Å²) in [6, 6.07) is 10.3. The third kappa shape index (κ3) is 7.64. The summed E-state index contributed by atoms with van der Waals surface area (Å²) in [5, 5.41) is 0. The van der Waals surface area contributed by atoms with Crippen molar-refractivity contribution in [2.24, 2.45) is 0 Å². The minimum atomic E-state index is -1.56. The number of benzene rings is 1. The van der Waals surface area contributed by atoms with Crippen LogP contribution in [0.2, 0.25) is 19.6 Å². The Bertz CT molecular complexity index is 495. The molecule has 0 radical (unpaired) electrons. The Labute approximate surface area is 148 Å². The van der Waals surface area contributed by atoms with Crippen LogP contribution in [-0.2, 0) is 20.5 Å². The minimum absolute atomic E-state index is 0.252. The highest BCUT2D eigenvalue weighted by Crippen LogP contribution is 2.26. The topological polar surface area (TPSA) is 27.7 Å². The predicted octanol–water partition coefficient (Wildman–Crippen LogP) is 5.29. The molecule has 0 N–H and O–H groups in total. The molecule has 1 heterocycles. The fourth-order valence-corrected chi connectivity index (χ4v) is 4.00. The second-order valence-corrected chi connectivity index (χ2v) is 12.0. The first-order valence-corrected chi connectivity index (χ1v) is 12.5. The summed E-state index contributed by atoms with van der Waals surface area (Å²) in [7, 11) is -1.56. The van der Waals surface area contributed by atoms with Crippen LogP contribution in [0.15, 0.2) is 42.7 Å². The second-order valence-electron chi connectivity index (χ2n) is 7.60. The fourth-order valence-electron chi connectivity index (χ4n) is 3.05. The van der Waals surface area contributed by atoms with E-state index < -0.39 is 8.32 Å². The molecule has 2 atom stereocenters. The summed E-state index contributed by atoms with van der Waals surface area (Å²) >= 11 is 0. The first kappa shape index (κ1) is 19.2. The maximum Gasteiger partial charge on any atom is 0.241 e. The van der Waals surface area contributed by atoms with E-state index in [4.69, 9.17) is 13.9 Å². The van der Waals surface area contributed by atoms with Gasteiger partial charge in [-0.15, -0.1) is 0 Å². The molecular formula is C20H32O3Si. The first-order valence-electron chi connectivity index (χ1n) is 9.06. The average Bonchev–Trinajstić information content (AvgIpc) is 2.51. The van der Waals surface area contributed by atoms with Crippen LogP contribution in [0.25, 0.3) is 0 Å². The molecule has 1 saturated heterocycles. The van der Waals surface area contributed by atoms with E-state index in [1.165, 1.54) is 12.0 Å². The van der Waals surface area contributed by atoms with Crippen molar-refractivity contribution in [1.82, 2.24) is 0 Å². The number of ether oxygens (including phenoxy) is 2. The molecule has 1 aliphatic rings. The normalized spacial score (nSPS) is 21.5. The van der Waals surface area contributed by atoms with E-state index in [0.29, 0.717) is 12.7 Å². The third-order valence-electron chi connectivity index (χ3n) is 4.04. The van der Waals surface area contributed by atoms with Crippen LogP contribution in [0, 0.1) is 0 Å². The summed E-state index contributed by atoms with van der Waals surface area (Å²) in [6.07, 6.45) is 5.80. The summed E-state index contributed by atoms with van der Waals surface area (Å²) < 4.78 is 18.0. The summed E-state index contributed by atoms with van der Waals surface area (Å²) in [4.78, 5) is 0. The van der Waals surface area contributed by atoms with Crippen LogP contribution in [0.4, 0.5) is 0 Å². The lowest BCUT2D eigenvalue weighted by Gasteiger charge is -2.31. The van der Waals surface area contributed by atoms with Crippen molar-refractivity contribution >= 4 is 8.32 Å². The molecule has 0 aliphatic carbocycles. The molecule has 2 rings (SSSR count). The van der Waals surface area contributed by atoms with E-state index in [-0.39, 0.29) is 6.10 Å². The van der Waals surface area contributed by atoms with Crippen LogP contribution < -0.4 is 0 Å². The lowest BCUT2D eigenvalue weighted by molar-refractivity contribution is -0.0654. The Morgan fingerprint density at radius 3 is 2.58 bits per heavy atom. The Balaban J connectivity index is 1.64. The zero-order valence-electron chi connectivity index (χ0n) is 15.4. The quantitative estimate of drug-likeness (QED) is 0.345. The zero-order chi connectivity index (χ0) is 17.4. The molecule has 1 aromatic rings. The van der Waals surface area contributed by atoms with E-state index in [1.807, 2.05) is 18.2 Å². The minimum Gasteiger partial charge on any atom is -0.548 e. The predicted molar refractivity (Wildman–Crippen MR) is 101 cm³/mol. The van der Waals surface area contributed by atoms with Crippen LogP contribution >= 0.6 is 0 Å². The Kier molecular flexibility index (Phi) is 7.53. The fraction of sp³-hybridized carbons (Fsp3) is 0.600. The molecule has 0 bridgehead atoms. The smallest absolute Gasteiger partial charge is 0.241 e. The average molecular weight is 349 g/mol. The van der Waals surface area contributed by atoms with Crippen molar-refractivity contribution < 1.29 is 13.9 Å². The highest BCUT2D eigenvalue weighted by atomic mass is 28.4. The summed E-state index contributed by atoms with van der Waals surface area (Å²) in [5.74, 6) is 0.889. The van der Waals surface area contributed by atoms with Crippen LogP contribution in [0.3, 0.4) is 0 Å². The molecule has 0 saturated carbocycles. The largest absolute Gasteiger partial charge is 0.548 e. The van der Waals surface area contributed by atoms with Gasteiger partial charge in [0.05, 0.1) is 24.6 Å². The van der Waals surface area contributed by atoms with E-state index in [0.717, 1.165) is 38.0 Å². The molecule has 0 aromatic heterocycles. The van der Waals surface area contributed by atoms with E-state index in [9.17, 15) is 0 Å². The maximum absolute atomic E-state index is 6.22. The van der Waals surface area contributed by atoms with Gasteiger partial charge in [0.25, 0.3) is 0 Å². The van der Waals surface area contributed by atoms with Crippen molar-refractivity contribution in [2.45, 2.75) is 70.6 Å². The van der Waals surface area contributed by atoms with Gasteiger partial charge in [0, 0.05) is 13.0 Å². The molecule has 0 spiro atoms. The molecule has 1 aromatic carbocycles. The van der Waals surface area contributed by atoms with Gasteiger partial charge in [0.15, 0.2) is 0 Å². The summed E-state index contributed by atoms with van der Waals surface area (Å²) in [5.41, 5.74) is 1.22. The zero-order valence-corrected chi connectivity index (χ0v) is 16.4. The third-order valence-corrected chi connectivity index (χ3v) is 4.94. The molecule has 24 heavy (non-hydrogen) atoms. The molecular weight excluding hydrogens is 316 g/mol. The van der Waals surface area contributed by atoms with Gasteiger partial charge < -0.3 is 13.9 Å². The molecule has 3 nitrogen and oxygen atoms in total. The number of hydrogen-bond donors (Lipinski definition) is 0. The van der Waals surface area contributed by atoms with Crippen LogP contribution in [0.5, 0.6) is 0 Å². The summed E-state index contributed by atoms with van der Waals surface area (Å²) in [6.45, 7) is 12.1. The Morgan fingerprint density at radius 1 is 1.17 bits per heavy atom. The maximum atomic E-state index is 6.22. The number of hydrogen-bond acceptors (Lipinski definition) is 3. The standard InChI is InChI=1S/C20H32O3Si/c1-17(23-24(2,3)4)15-20-12-8-11-19(22-20)13-14-21-16-18-9-6-5-7-10-18/h5-7,9-10,19-20H,1,8,11-16H2,2-4H3/t19-,20+/m1/s1. The van der Waals surface area contributed by atoms with Gasteiger partial charge in [-0.3, -0.25) is 0 Å². The highest BCUT2D eigenvalue weighted by molar-refractivity contribution is 6.70. The van der Waals surface area contributed by atoms with Crippen molar-refractivity contribution in [3.05, 3.63) is 48.2 Å². The van der Waals surface area contributed by atoms with Crippen LogP contribution in [0.1, 0.15) is 37.7 Å². The lowest BCUT2D eigenvalue weighted by atomic mass is 10.00. The molecule has 0 unspecified atom stereocenters. The lowest BCUT2D eigenvalue weighted by Crippen LogP contribution is -2.31. The SMILES string of the molecule is C=C(C[C@@H]1CCC[C@H](CCOCc2ccccc2)O1)O[Si](C)(C)C. The van der Waals surface area contributed by atoms with E-state index >= 15 is 0 Å². The van der Waals surface area contributed by atoms with Gasteiger partial charge in [-0.25, -0.2) is 0 Å². The van der Waals surface area contributed by atoms with Gasteiger partial charge in [-0.05, 0) is 50.9 Å². The molecule has 1 fully saturated rings. The van der Waals surface area contributed by atoms with Gasteiger partial charge in [0.2, 0.25) is 8.32 Å². The molecule has 1 aliphatic heterocycles. The van der Waals surface area contributed by atoms with Gasteiger partial charge in [0.1, 0.15) is 0 Å². The van der Waals surface area contributed by atoms with Crippen molar-refractivity contribution in [1.29, 1.82) is 0 Å². The van der Waals surface area contributed by atoms with E-state index in [2.05, 4.69) is 38.4 Å².